The molecule has 0 atom stereocenters. The van der Waals surface area contributed by atoms with Crippen molar-refractivity contribution in [1.29, 1.82) is 0 Å². The number of thiazole rings is 1. The monoisotopic (exact) mass is 276 g/mol. The second-order valence-electron chi connectivity index (χ2n) is 4.02. The number of aromatic nitrogens is 1. The van der Waals surface area contributed by atoms with E-state index in [9.17, 15) is 9.59 Å². The molecule has 1 heterocycles. The van der Waals surface area contributed by atoms with Crippen LogP contribution >= 0.6 is 11.3 Å². The quantitative estimate of drug-likeness (QED) is 0.898. The fraction of sp³-hybridized carbons (Fsp3) is 0.154. The third-order valence-electron chi connectivity index (χ3n) is 2.42. The number of carbonyl (C=O) groups excluding carboxylic acids is 1. The van der Waals surface area contributed by atoms with Crippen LogP contribution in [0.2, 0.25) is 0 Å². The molecule has 5 nitrogen and oxygen atoms in total. The third kappa shape index (κ3) is 3.62. The number of aryl methyl sites for hydroxylation is 1. The summed E-state index contributed by atoms with van der Waals surface area (Å²) in [5.74, 6) is -1.29. The Kier molecular flexibility index (Phi) is 3.91. The van der Waals surface area contributed by atoms with Crippen LogP contribution in [0.1, 0.15) is 21.1 Å². The molecule has 0 bridgehead atoms. The third-order valence-corrected chi connectivity index (χ3v) is 3.27. The van der Waals surface area contributed by atoms with Gasteiger partial charge in [0.05, 0.1) is 6.42 Å². The Morgan fingerprint density at radius 2 is 2.00 bits per heavy atom. The number of carboxylic acids is 1. The average Bonchev–Trinajstić information content (AvgIpc) is 2.80. The summed E-state index contributed by atoms with van der Waals surface area (Å²) < 4.78 is 0. The Bertz CT molecular complexity index is 605. The average molecular weight is 276 g/mol. The number of aromatic carboxylic acids is 1. The molecule has 0 fully saturated rings. The second-order valence-corrected chi connectivity index (χ2v) is 4.97. The summed E-state index contributed by atoms with van der Waals surface area (Å²) in [5, 5.41) is 13.4. The first-order chi connectivity index (χ1) is 9.04. The molecule has 0 aliphatic rings. The zero-order chi connectivity index (χ0) is 13.8. The SMILES string of the molecule is Cc1ccc(NC(=O)Cc2nc(C(=O)O)cs2)cc1. The van der Waals surface area contributed by atoms with Crippen LogP contribution < -0.4 is 5.32 Å². The highest BCUT2D eigenvalue weighted by Crippen LogP contribution is 2.13. The summed E-state index contributed by atoms with van der Waals surface area (Å²) in [6.07, 6.45) is 0.0752. The number of amides is 1. The van der Waals surface area contributed by atoms with Crippen molar-refractivity contribution in [2.75, 3.05) is 5.32 Å². The van der Waals surface area contributed by atoms with Gasteiger partial charge in [0.25, 0.3) is 0 Å². The highest BCUT2D eigenvalue weighted by molar-refractivity contribution is 7.09. The van der Waals surface area contributed by atoms with Crippen molar-refractivity contribution in [3.63, 3.8) is 0 Å². The molecule has 0 radical (unpaired) electrons. The zero-order valence-corrected chi connectivity index (χ0v) is 11.0. The van der Waals surface area contributed by atoms with Gasteiger partial charge >= 0.3 is 5.97 Å². The number of nitrogens with one attached hydrogen (secondary N) is 1. The van der Waals surface area contributed by atoms with E-state index in [1.165, 1.54) is 16.7 Å². The van der Waals surface area contributed by atoms with E-state index in [0.717, 1.165) is 5.56 Å². The van der Waals surface area contributed by atoms with Crippen LogP contribution in [-0.2, 0) is 11.2 Å². The molecule has 0 unspecified atom stereocenters. The zero-order valence-electron chi connectivity index (χ0n) is 10.2. The van der Waals surface area contributed by atoms with Crippen molar-refractivity contribution in [2.45, 2.75) is 13.3 Å². The van der Waals surface area contributed by atoms with E-state index in [2.05, 4.69) is 10.3 Å². The van der Waals surface area contributed by atoms with Gasteiger partial charge < -0.3 is 10.4 Å². The van der Waals surface area contributed by atoms with Crippen LogP contribution in [0.15, 0.2) is 29.6 Å². The minimum atomic E-state index is -1.08. The van der Waals surface area contributed by atoms with Gasteiger partial charge in [-0.15, -0.1) is 11.3 Å². The van der Waals surface area contributed by atoms with Crippen molar-refractivity contribution in [1.82, 2.24) is 4.98 Å². The topological polar surface area (TPSA) is 79.3 Å². The summed E-state index contributed by atoms with van der Waals surface area (Å²) >= 11 is 1.17. The van der Waals surface area contributed by atoms with Crippen LogP contribution in [0.5, 0.6) is 0 Å². The van der Waals surface area contributed by atoms with Gasteiger partial charge in [0.2, 0.25) is 5.91 Å². The summed E-state index contributed by atoms with van der Waals surface area (Å²) in [7, 11) is 0. The van der Waals surface area contributed by atoms with E-state index in [1.54, 1.807) is 0 Å². The second kappa shape index (κ2) is 5.62. The predicted octanol–water partition coefficient (Wildman–Crippen LogP) is 2.33. The Balaban J connectivity index is 1.97. The Morgan fingerprint density at radius 3 is 2.58 bits per heavy atom. The molecule has 2 N–H and O–H groups in total. The van der Waals surface area contributed by atoms with Gasteiger partial charge in [-0.05, 0) is 19.1 Å². The maximum Gasteiger partial charge on any atom is 0.355 e. The molecule has 19 heavy (non-hydrogen) atoms. The van der Waals surface area contributed by atoms with Gasteiger partial charge in [-0.3, -0.25) is 4.79 Å². The molecular weight excluding hydrogens is 264 g/mol. The van der Waals surface area contributed by atoms with Crippen LogP contribution in [-0.4, -0.2) is 22.0 Å². The van der Waals surface area contributed by atoms with Crippen LogP contribution in [0.4, 0.5) is 5.69 Å². The van der Waals surface area contributed by atoms with E-state index in [-0.39, 0.29) is 18.0 Å². The predicted molar refractivity (Wildman–Crippen MR) is 72.6 cm³/mol. The first-order valence-corrected chi connectivity index (χ1v) is 6.47. The normalized spacial score (nSPS) is 10.2. The van der Waals surface area contributed by atoms with Gasteiger partial charge in [-0.2, -0.15) is 0 Å². The molecule has 0 aliphatic heterocycles. The van der Waals surface area contributed by atoms with Crippen LogP contribution in [0, 0.1) is 6.92 Å². The molecule has 1 amide bonds. The number of rotatable bonds is 4. The summed E-state index contributed by atoms with van der Waals surface area (Å²) in [5.41, 5.74) is 1.80. The molecule has 2 aromatic rings. The smallest absolute Gasteiger partial charge is 0.355 e. The molecule has 2 rings (SSSR count). The van der Waals surface area contributed by atoms with Gasteiger partial charge in [0, 0.05) is 11.1 Å². The minimum absolute atomic E-state index is 0.0249. The van der Waals surface area contributed by atoms with Crippen molar-refractivity contribution in [3.05, 3.63) is 45.9 Å². The van der Waals surface area contributed by atoms with Crippen molar-refractivity contribution < 1.29 is 14.7 Å². The lowest BCUT2D eigenvalue weighted by molar-refractivity contribution is -0.115. The number of carbonyl (C=O) groups is 2. The van der Waals surface area contributed by atoms with E-state index in [4.69, 9.17) is 5.11 Å². The molecule has 0 spiro atoms. The van der Waals surface area contributed by atoms with Crippen molar-refractivity contribution >= 4 is 28.9 Å². The lowest BCUT2D eigenvalue weighted by Crippen LogP contribution is -2.14. The lowest BCUT2D eigenvalue weighted by Gasteiger charge is -2.03. The van der Waals surface area contributed by atoms with Crippen molar-refractivity contribution in [3.8, 4) is 0 Å². The molecule has 0 saturated heterocycles. The maximum atomic E-state index is 11.8. The van der Waals surface area contributed by atoms with Crippen LogP contribution in [0.25, 0.3) is 0 Å². The lowest BCUT2D eigenvalue weighted by atomic mass is 10.2. The fourth-order valence-corrected chi connectivity index (χ4v) is 2.24. The van der Waals surface area contributed by atoms with E-state index in [0.29, 0.717) is 10.7 Å². The van der Waals surface area contributed by atoms with Crippen LogP contribution in [0.3, 0.4) is 0 Å². The van der Waals surface area contributed by atoms with E-state index < -0.39 is 5.97 Å². The number of hydrogen-bond donors (Lipinski definition) is 2. The molecule has 0 saturated carbocycles. The van der Waals surface area contributed by atoms with Gasteiger partial charge in [0.15, 0.2) is 5.69 Å². The van der Waals surface area contributed by atoms with Gasteiger partial charge in [-0.25, -0.2) is 9.78 Å². The fourth-order valence-electron chi connectivity index (χ4n) is 1.47. The standard InChI is InChI=1S/C13H12N2O3S/c1-8-2-4-9(5-3-8)14-11(16)6-12-15-10(7-19-12)13(17)18/h2-5,7H,6H2,1H3,(H,14,16)(H,17,18). The number of benzene rings is 1. The summed E-state index contributed by atoms with van der Waals surface area (Å²) in [4.78, 5) is 26.3. The Hall–Kier alpha value is -2.21. The van der Waals surface area contributed by atoms with Gasteiger partial charge in [0.1, 0.15) is 5.01 Å². The minimum Gasteiger partial charge on any atom is -0.476 e. The highest BCUT2D eigenvalue weighted by atomic mass is 32.1. The number of carboxylic acid groups (broad SMARTS) is 1. The Labute approximate surface area is 113 Å². The van der Waals surface area contributed by atoms with Gasteiger partial charge in [-0.1, -0.05) is 17.7 Å². The maximum absolute atomic E-state index is 11.8. The molecular formula is C13H12N2O3S. The van der Waals surface area contributed by atoms with E-state index in [1.807, 2.05) is 31.2 Å². The Morgan fingerprint density at radius 1 is 1.32 bits per heavy atom. The molecule has 6 heteroatoms. The number of nitrogens with zero attached hydrogens (tertiary/aromatic N) is 1. The van der Waals surface area contributed by atoms with Crippen molar-refractivity contribution in [2.24, 2.45) is 0 Å². The molecule has 1 aromatic heterocycles. The summed E-state index contributed by atoms with van der Waals surface area (Å²) in [6, 6.07) is 7.44. The van der Waals surface area contributed by atoms with E-state index >= 15 is 0 Å². The highest BCUT2D eigenvalue weighted by Gasteiger charge is 2.11. The first kappa shape index (κ1) is 13.2. The number of anilines is 1. The largest absolute Gasteiger partial charge is 0.476 e. The first-order valence-electron chi connectivity index (χ1n) is 5.59. The molecule has 1 aromatic carbocycles. The molecule has 0 aliphatic carbocycles. The molecule has 98 valence electrons. The number of hydrogen-bond acceptors (Lipinski definition) is 4. The summed E-state index contributed by atoms with van der Waals surface area (Å²) in [6.45, 7) is 1.97.